The molecule has 7 nitrogen and oxygen atoms in total. The first-order chi connectivity index (χ1) is 15.0. The largest absolute Gasteiger partial charge is 0.460 e. The SMILES string of the molecule is CCC(CC)(CC(=O)NOCc1ccccc1)C(=O)NCC(=O)OCc1ccccc1. The van der Waals surface area contributed by atoms with Crippen molar-refractivity contribution >= 4 is 17.8 Å². The van der Waals surface area contributed by atoms with Crippen LogP contribution in [0.1, 0.15) is 44.2 Å². The molecule has 0 radical (unpaired) electrons. The van der Waals surface area contributed by atoms with Gasteiger partial charge in [0.15, 0.2) is 0 Å². The number of rotatable bonds is 12. The number of carbonyl (C=O) groups is 3. The summed E-state index contributed by atoms with van der Waals surface area (Å²) in [5.41, 5.74) is 3.26. The molecule has 0 spiro atoms. The highest BCUT2D eigenvalue weighted by atomic mass is 16.6. The smallest absolute Gasteiger partial charge is 0.325 e. The molecule has 0 unspecified atom stereocenters. The van der Waals surface area contributed by atoms with E-state index in [1.807, 2.05) is 74.5 Å². The Morgan fingerprint density at radius 2 is 1.39 bits per heavy atom. The maximum atomic E-state index is 12.8. The van der Waals surface area contributed by atoms with E-state index >= 15 is 0 Å². The van der Waals surface area contributed by atoms with Crippen LogP contribution in [-0.2, 0) is 37.2 Å². The number of carbonyl (C=O) groups excluding carboxylic acids is 3. The molecular formula is C24H30N2O5. The minimum atomic E-state index is -0.931. The first-order valence-electron chi connectivity index (χ1n) is 10.4. The predicted octanol–water partition coefficient (Wildman–Crippen LogP) is 3.29. The third-order valence-corrected chi connectivity index (χ3v) is 5.24. The summed E-state index contributed by atoms with van der Waals surface area (Å²) in [5.74, 6) is -1.28. The zero-order chi connectivity index (χ0) is 22.5. The fourth-order valence-electron chi connectivity index (χ4n) is 3.15. The molecule has 0 bridgehead atoms. The molecule has 7 heteroatoms. The van der Waals surface area contributed by atoms with Crippen LogP contribution >= 0.6 is 0 Å². The van der Waals surface area contributed by atoms with Crippen LogP contribution < -0.4 is 10.8 Å². The third-order valence-electron chi connectivity index (χ3n) is 5.24. The number of hydrogen-bond donors (Lipinski definition) is 2. The Morgan fingerprint density at radius 3 is 1.94 bits per heavy atom. The highest BCUT2D eigenvalue weighted by molar-refractivity contribution is 5.90. The Labute approximate surface area is 183 Å². The van der Waals surface area contributed by atoms with Crippen molar-refractivity contribution in [1.82, 2.24) is 10.8 Å². The molecule has 2 N–H and O–H groups in total. The van der Waals surface area contributed by atoms with E-state index in [1.54, 1.807) is 0 Å². The van der Waals surface area contributed by atoms with Crippen LogP contribution in [-0.4, -0.2) is 24.3 Å². The molecular weight excluding hydrogens is 396 g/mol. The van der Waals surface area contributed by atoms with E-state index in [0.29, 0.717) is 12.8 Å². The summed E-state index contributed by atoms with van der Waals surface area (Å²) >= 11 is 0. The number of esters is 1. The maximum Gasteiger partial charge on any atom is 0.325 e. The lowest BCUT2D eigenvalue weighted by atomic mass is 9.78. The third kappa shape index (κ3) is 7.86. The molecule has 0 aromatic heterocycles. The van der Waals surface area contributed by atoms with Crippen LogP contribution in [0.25, 0.3) is 0 Å². The lowest BCUT2D eigenvalue weighted by molar-refractivity contribution is -0.147. The number of amides is 2. The van der Waals surface area contributed by atoms with Gasteiger partial charge in [0.05, 0.1) is 12.0 Å². The van der Waals surface area contributed by atoms with Gasteiger partial charge in [0.1, 0.15) is 13.2 Å². The predicted molar refractivity (Wildman–Crippen MR) is 116 cm³/mol. The van der Waals surface area contributed by atoms with Gasteiger partial charge in [-0.3, -0.25) is 19.2 Å². The maximum absolute atomic E-state index is 12.8. The van der Waals surface area contributed by atoms with E-state index in [4.69, 9.17) is 9.57 Å². The van der Waals surface area contributed by atoms with Gasteiger partial charge in [-0.1, -0.05) is 74.5 Å². The van der Waals surface area contributed by atoms with Gasteiger partial charge in [-0.2, -0.15) is 0 Å². The van der Waals surface area contributed by atoms with Gasteiger partial charge < -0.3 is 10.1 Å². The monoisotopic (exact) mass is 426 g/mol. The molecule has 2 amide bonds. The molecule has 31 heavy (non-hydrogen) atoms. The zero-order valence-electron chi connectivity index (χ0n) is 18.1. The van der Waals surface area contributed by atoms with Crippen LogP contribution in [0.15, 0.2) is 60.7 Å². The summed E-state index contributed by atoms with van der Waals surface area (Å²) in [4.78, 5) is 42.4. The molecule has 0 aliphatic rings. The second-order valence-corrected chi connectivity index (χ2v) is 7.29. The van der Waals surface area contributed by atoms with Crippen LogP contribution in [0, 0.1) is 5.41 Å². The lowest BCUT2D eigenvalue weighted by Gasteiger charge is -2.29. The van der Waals surface area contributed by atoms with E-state index in [0.717, 1.165) is 11.1 Å². The second-order valence-electron chi connectivity index (χ2n) is 7.29. The summed E-state index contributed by atoms with van der Waals surface area (Å²) in [5, 5.41) is 2.61. The van der Waals surface area contributed by atoms with E-state index in [2.05, 4.69) is 10.8 Å². The molecule has 2 aromatic rings. The Bertz CT molecular complexity index is 836. The topological polar surface area (TPSA) is 93.7 Å². The number of hydroxylamine groups is 1. The summed E-state index contributed by atoms with van der Waals surface area (Å²) in [6, 6.07) is 18.7. The molecule has 2 rings (SSSR count). The molecule has 0 atom stereocenters. The summed E-state index contributed by atoms with van der Waals surface area (Å²) in [6.07, 6.45) is 0.848. The van der Waals surface area contributed by atoms with Crippen LogP contribution in [0.3, 0.4) is 0 Å². The molecule has 0 fully saturated rings. The minimum Gasteiger partial charge on any atom is -0.460 e. The fourth-order valence-corrected chi connectivity index (χ4v) is 3.15. The molecule has 0 heterocycles. The molecule has 0 saturated carbocycles. The van der Waals surface area contributed by atoms with Gasteiger partial charge in [0, 0.05) is 6.42 Å². The number of nitrogens with one attached hydrogen (secondary N) is 2. The van der Waals surface area contributed by atoms with Crippen LogP contribution in [0.4, 0.5) is 0 Å². The Hall–Kier alpha value is -3.19. The minimum absolute atomic E-state index is 0.0420. The van der Waals surface area contributed by atoms with Crippen LogP contribution in [0.2, 0.25) is 0 Å². The standard InChI is InChI=1S/C24H30N2O5/c1-3-24(4-2,15-21(27)26-31-18-20-13-9-6-10-14-20)23(29)25-16-22(28)30-17-19-11-7-5-8-12-19/h5-14H,3-4,15-18H2,1-2H3,(H,25,29)(H,26,27). The van der Waals surface area contributed by atoms with Gasteiger partial charge >= 0.3 is 5.97 Å². The summed E-state index contributed by atoms with van der Waals surface area (Å²) < 4.78 is 5.18. The second kappa shape index (κ2) is 12.5. The summed E-state index contributed by atoms with van der Waals surface area (Å²) in [6.45, 7) is 3.81. The lowest BCUT2D eigenvalue weighted by Crippen LogP contribution is -2.45. The van der Waals surface area contributed by atoms with Crippen molar-refractivity contribution < 1.29 is 24.0 Å². The van der Waals surface area contributed by atoms with E-state index < -0.39 is 11.4 Å². The summed E-state index contributed by atoms with van der Waals surface area (Å²) in [7, 11) is 0. The average molecular weight is 427 g/mol. The quantitative estimate of drug-likeness (QED) is 0.401. The first kappa shape index (κ1) is 24.1. The fraction of sp³-hybridized carbons (Fsp3) is 0.375. The molecule has 166 valence electrons. The van der Waals surface area contributed by atoms with Crippen molar-refractivity contribution in [3.8, 4) is 0 Å². The molecule has 0 aliphatic heterocycles. The van der Waals surface area contributed by atoms with Gasteiger partial charge in [-0.25, -0.2) is 5.48 Å². The first-order valence-corrected chi connectivity index (χ1v) is 10.4. The zero-order valence-corrected chi connectivity index (χ0v) is 18.1. The number of ether oxygens (including phenoxy) is 1. The molecule has 0 aliphatic carbocycles. The molecule has 0 saturated heterocycles. The van der Waals surface area contributed by atoms with Crippen molar-refractivity contribution in [3.63, 3.8) is 0 Å². The normalized spacial score (nSPS) is 10.9. The van der Waals surface area contributed by atoms with Crippen molar-refractivity contribution in [1.29, 1.82) is 0 Å². The average Bonchev–Trinajstić information content (AvgIpc) is 2.81. The van der Waals surface area contributed by atoms with E-state index in [9.17, 15) is 14.4 Å². The van der Waals surface area contributed by atoms with Crippen molar-refractivity contribution in [2.75, 3.05) is 6.54 Å². The van der Waals surface area contributed by atoms with Gasteiger partial charge in [0.2, 0.25) is 11.8 Å². The van der Waals surface area contributed by atoms with Gasteiger partial charge in [-0.15, -0.1) is 0 Å². The van der Waals surface area contributed by atoms with Crippen molar-refractivity contribution in [2.24, 2.45) is 5.41 Å². The van der Waals surface area contributed by atoms with Gasteiger partial charge in [0.25, 0.3) is 0 Å². The van der Waals surface area contributed by atoms with E-state index in [1.165, 1.54) is 0 Å². The number of benzene rings is 2. The Kier molecular flexibility index (Phi) is 9.71. The molecule has 2 aromatic carbocycles. The van der Waals surface area contributed by atoms with Crippen molar-refractivity contribution in [3.05, 3.63) is 71.8 Å². The highest BCUT2D eigenvalue weighted by Crippen LogP contribution is 2.31. The Morgan fingerprint density at radius 1 is 0.839 bits per heavy atom. The van der Waals surface area contributed by atoms with Crippen molar-refractivity contribution in [2.45, 2.75) is 46.3 Å². The van der Waals surface area contributed by atoms with Crippen LogP contribution in [0.5, 0.6) is 0 Å². The van der Waals surface area contributed by atoms with E-state index in [-0.39, 0.29) is 38.0 Å². The number of hydrogen-bond acceptors (Lipinski definition) is 5. The highest BCUT2D eigenvalue weighted by Gasteiger charge is 2.37. The van der Waals surface area contributed by atoms with Gasteiger partial charge in [-0.05, 0) is 24.0 Å². The Balaban J connectivity index is 1.80.